The Kier molecular flexibility index (Phi) is 10.1. The smallest absolute Gasteiger partial charge is 0.185 e. The van der Waals surface area contributed by atoms with Crippen LogP contribution in [-0.2, 0) is 0 Å². The lowest BCUT2D eigenvalue weighted by Crippen LogP contribution is -2.23. The Bertz CT molecular complexity index is 1240. The molecule has 0 atom stereocenters. The monoisotopic (exact) mass is 510 g/mol. The Labute approximate surface area is 215 Å². The molecule has 0 aliphatic rings. The van der Waals surface area contributed by atoms with Crippen LogP contribution < -0.4 is 32.4 Å². The third-order valence-electron chi connectivity index (χ3n) is 5.31. The molecule has 37 heavy (non-hydrogen) atoms. The van der Waals surface area contributed by atoms with Gasteiger partial charge in [-0.05, 0) is 54.3 Å². The summed E-state index contributed by atoms with van der Waals surface area (Å²) in [5.41, 5.74) is 24.0. The minimum Gasteiger partial charge on any atom is -0.493 e. The fourth-order valence-electron chi connectivity index (χ4n) is 3.62. The number of nitrogens with zero attached hydrogens (tertiary/aromatic N) is 2. The van der Waals surface area contributed by atoms with Crippen molar-refractivity contribution in [2.45, 2.75) is 19.3 Å². The van der Waals surface area contributed by atoms with Crippen molar-refractivity contribution in [3.8, 4) is 33.8 Å². The number of hydrogen-bond donors (Lipinski definition) is 4. The predicted molar refractivity (Wildman–Crippen MR) is 143 cm³/mol. The molecule has 3 rings (SSSR count). The maximum atomic E-state index is 14.1. The van der Waals surface area contributed by atoms with E-state index >= 15 is 0 Å². The maximum Gasteiger partial charge on any atom is 0.185 e. The van der Waals surface area contributed by atoms with Crippen LogP contribution in [0.25, 0.3) is 22.3 Å². The van der Waals surface area contributed by atoms with Crippen molar-refractivity contribution in [1.29, 1.82) is 0 Å². The van der Waals surface area contributed by atoms with E-state index in [0.29, 0.717) is 72.9 Å². The second-order valence-corrected chi connectivity index (χ2v) is 8.24. The fourth-order valence-corrected chi connectivity index (χ4v) is 3.62. The van der Waals surface area contributed by atoms with Gasteiger partial charge in [0.05, 0.1) is 13.2 Å². The van der Waals surface area contributed by atoms with Crippen LogP contribution in [0.15, 0.2) is 70.6 Å². The van der Waals surface area contributed by atoms with E-state index in [-0.39, 0.29) is 23.6 Å². The Morgan fingerprint density at radius 2 is 1.11 bits per heavy atom. The van der Waals surface area contributed by atoms with Crippen LogP contribution in [0.3, 0.4) is 0 Å². The van der Waals surface area contributed by atoms with Gasteiger partial charge in [0, 0.05) is 36.7 Å². The first-order chi connectivity index (χ1) is 17.8. The molecule has 0 spiro atoms. The molecule has 0 amide bonds. The van der Waals surface area contributed by atoms with Crippen LogP contribution in [0.1, 0.15) is 19.3 Å². The maximum absolute atomic E-state index is 14.1. The lowest BCUT2D eigenvalue weighted by molar-refractivity contribution is 0.297. The van der Waals surface area contributed by atoms with E-state index in [9.17, 15) is 8.78 Å². The van der Waals surface area contributed by atoms with E-state index in [1.165, 1.54) is 24.3 Å². The highest BCUT2D eigenvalue weighted by molar-refractivity contribution is 5.82. The highest BCUT2D eigenvalue weighted by Crippen LogP contribution is 2.41. The van der Waals surface area contributed by atoms with Gasteiger partial charge in [0.2, 0.25) is 0 Å². The molecule has 0 bridgehead atoms. The van der Waals surface area contributed by atoms with Crippen LogP contribution in [0.2, 0.25) is 0 Å². The summed E-state index contributed by atoms with van der Waals surface area (Å²) < 4.78 is 40.4. The van der Waals surface area contributed by atoms with E-state index in [1.54, 1.807) is 30.3 Å². The third-order valence-corrected chi connectivity index (χ3v) is 5.31. The molecule has 0 radical (unpaired) electrons. The van der Waals surface area contributed by atoms with Crippen LogP contribution in [-0.4, -0.2) is 38.2 Å². The van der Waals surface area contributed by atoms with E-state index in [0.717, 1.165) is 6.42 Å². The molecule has 0 heterocycles. The summed E-state index contributed by atoms with van der Waals surface area (Å²) in [5, 5.41) is 0. The summed E-state index contributed by atoms with van der Waals surface area (Å²) >= 11 is 0. The standard InChI is InChI=1S/C27H32F2N6O2/c28-20-8-3-6-18(14-20)22-16-23(19-7-4-9-21(29)15-19)25(37-13-5-11-35-27(32)33)17-24(22)36-12-2-1-10-34-26(30)31/h3-4,6-9,14-17H,1-2,5,10-13H2,(H4,30,31,34)(H4,32,33,35). The Morgan fingerprint density at radius 3 is 1.59 bits per heavy atom. The molecule has 0 aliphatic heterocycles. The van der Waals surface area contributed by atoms with Gasteiger partial charge in [-0.2, -0.15) is 0 Å². The zero-order valence-electron chi connectivity index (χ0n) is 20.5. The summed E-state index contributed by atoms with van der Waals surface area (Å²) in [6.45, 7) is 1.59. The number of hydrogen-bond acceptors (Lipinski definition) is 4. The SMILES string of the molecule is NC(N)=NCCCCOc1cc(OCCCN=C(N)N)c(-c2cccc(F)c2)cc1-c1cccc(F)c1. The second-order valence-electron chi connectivity index (χ2n) is 8.24. The minimum atomic E-state index is -0.385. The Balaban J connectivity index is 1.95. The summed E-state index contributed by atoms with van der Waals surface area (Å²) in [4.78, 5) is 7.93. The van der Waals surface area contributed by atoms with Gasteiger partial charge in [-0.25, -0.2) is 8.78 Å². The van der Waals surface area contributed by atoms with Gasteiger partial charge in [-0.15, -0.1) is 0 Å². The van der Waals surface area contributed by atoms with Crippen LogP contribution in [0, 0.1) is 11.6 Å². The van der Waals surface area contributed by atoms with Crippen molar-refractivity contribution < 1.29 is 18.3 Å². The van der Waals surface area contributed by atoms with E-state index < -0.39 is 0 Å². The lowest BCUT2D eigenvalue weighted by Gasteiger charge is -2.18. The van der Waals surface area contributed by atoms with Gasteiger partial charge in [-0.1, -0.05) is 24.3 Å². The minimum absolute atomic E-state index is 0.00965. The normalized spacial score (nSPS) is 10.5. The van der Waals surface area contributed by atoms with Crippen LogP contribution in [0.5, 0.6) is 11.5 Å². The molecule has 10 heteroatoms. The van der Waals surface area contributed by atoms with E-state index in [4.69, 9.17) is 32.4 Å². The number of halogens is 2. The molecule has 8 nitrogen and oxygen atoms in total. The summed E-state index contributed by atoms with van der Waals surface area (Å²) in [6, 6.07) is 16.0. The number of unbranched alkanes of at least 4 members (excludes halogenated alkanes) is 1. The van der Waals surface area contributed by atoms with Gasteiger partial charge < -0.3 is 32.4 Å². The summed E-state index contributed by atoms with van der Waals surface area (Å²) in [6.07, 6.45) is 1.98. The van der Waals surface area contributed by atoms with E-state index in [1.807, 2.05) is 6.07 Å². The predicted octanol–water partition coefficient (Wildman–Crippen LogP) is 3.77. The molecule has 0 unspecified atom stereocenters. The third kappa shape index (κ3) is 8.68. The number of ether oxygens (including phenoxy) is 2. The number of rotatable bonds is 13. The lowest BCUT2D eigenvalue weighted by atomic mass is 9.97. The van der Waals surface area contributed by atoms with Crippen molar-refractivity contribution in [2.75, 3.05) is 26.3 Å². The molecule has 3 aromatic carbocycles. The molecular weight excluding hydrogens is 478 g/mol. The average molecular weight is 511 g/mol. The van der Waals surface area contributed by atoms with Crippen molar-refractivity contribution >= 4 is 11.9 Å². The van der Waals surface area contributed by atoms with Crippen molar-refractivity contribution in [1.82, 2.24) is 0 Å². The number of benzene rings is 3. The molecule has 0 aromatic heterocycles. The Morgan fingerprint density at radius 1 is 0.622 bits per heavy atom. The highest BCUT2D eigenvalue weighted by Gasteiger charge is 2.16. The highest BCUT2D eigenvalue weighted by atomic mass is 19.1. The summed E-state index contributed by atoms with van der Waals surface area (Å²) in [5.74, 6) is 0.287. The average Bonchev–Trinajstić information content (AvgIpc) is 2.85. The number of guanidine groups is 2. The fraction of sp³-hybridized carbons (Fsp3) is 0.259. The van der Waals surface area contributed by atoms with Crippen LogP contribution >= 0.6 is 0 Å². The zero-order valence-corrected chi connectivity index (χ0v) is 20.5. The molecule has 3 aromatic rings. The van der Waals surface area contributed by atoms with E-state index in [2.05, 4.69) is 9.98 Å². The quantitative estimate of drug-likeness (QED) is 0.156. The first-order valence-electron chi connectivity index (χ1n) is 11.9. The Hall–Kier alpha value is -4.34. The summed E-state index contributed by atoms with van der Waals surface area (Å²) in [7, 11) is 0. The van der Waals surface area contributed by atoms with Gasteiger partial charge >= 0.3 is 0 Å². The van der Waals surface area contributed by atoms with Crippen molar-refractivity contribution in [3.05, 3.63) is 72.3 Å². The number of nitrogens with two attached hydrogens (primary N) is 4. The van der Waals surface area contributed by atoms with Gasteiger partial charge in [0.1, 0.15) is 23.1 Å². The van der Waals surface area contributed by atoms with Gasteiger partial charge in [0.25, 0.3) is 0 Å². The van der Waals surface area contributed by atoms with Crippen molar-refractivity contribution in [2.24, 2.45) is 32.9 Å². The van der Waals surface area contributed by atoms with Crippen LogP contribution in [0.4, 0.5) is 8.78 Å². The zero-order chi connectivity index (χ0) is 26.6. The van der Waals surface area contributed by atoms with Gasteiger partial charge in [0.15, 0.2) is 11.9 Å². The molecular formula is C27H32F2N6O2. The largest absolute Gasteiger partial charge is 0.493 e. The molecule has 0 fully saturated rings. The number of aliphatic imine (C=N–C) groups is 2. The van der Waals surface area contributed by atoms with Gasteiger partial charge in [-0.3, -0.25) is 9.98 Å². The first-order valence-corrected chi connectivity index (χ1v) is 11.9. The molecule has 196 valence electrons. The second kappa shape index (κ2) is 13.7. The molecule has 0 aliphatic carbocycles. The molecule has 0 saturated heterocycles. The van der Waals surface area contributed by atoms with Crippen molar-refractivity contribution in [3.63, 3.8) is 0 Å². The topological polar surface area (TPSA) is 147 Å². The first kappa shape index (κ1) is 27.3. The molecule has 8 N–H and O–H groups in total. The molecule has 0 saturated carbocycles.